The topological polar surface area (TPSA) is 35.6 Å². The number of para-hydroxylation sites is 1. The normalized spacial score (nSPS) is 20.6. The van der Waals surface area contributed by atoms with Crippen molar-refractivity contribution in [2.75, 3.05) is 18.4 Å². The monoisotopic (exact) mass is 245 g/mol. The molecule has 0 spiro atoms. The van der Waals surface area contributed by atoms with Gasteiger partial charge in [-0.05, 0) is 25.5 Å². The van der Waals surface area contributed by atoms with Crippen LogP contribution in [0.15, 0.2) is 24.3 Å². The van der Waals surface area contributed by atoms with Crippen LogP contribution in [0.3, 0.4) is 0 Å². The molecule has 1 aromatic carbocycles. The van der Waals surface area contributed by atoms with E-state index in [9.17, 15) is 4.79 Å². The van der Waals surface area contributed by atoms with Crippen LogP contribution in [0, 0.1) is 0 Å². The van der Waals surface area contributed by atoms with Crippen LogP contribution in [0.4, 0.5) is 10.5 Å². The van der Waals surface area contributed by atoms with Gasteiger partial charge in [-0.1, -0.05) is 18.2 Å². The number of urea groups is 1. The van der Waals surface area contributed by atoms with Crippen molar-refractivity contribution in [2.24, 2.45) is 0 Å². The number of fused-ring (bicyclic) bond motifs is 1. The van der Waals surface area contributed by atoms with Gasteiger partial charge in [-0.25, -0.2) is 4.79 Å². The maximum absolute atomic E-state index is 12.1. The Morgan fingerprint density at radius 2 is 2.00 bits per heavy atom. The van der Waals surface area contributed by atoms with Crippen LogP contribution in [0.2, 0.25) is 0 Å². The second kappa shape index (κ2) is 4.28. The number of carbonyl (C=O) groups excluding carboxylic acids is 1. The van der Waals surface area contributed by atoms with E-state index in [4.69, 9.17) is 0 Å². The number of anilines is 1. The van der Waals surface area contributed by atoms with E-state index in [1.165, 1.54) is 5.56 Å². The first-order chi connectivity index (χ1) is 8.65. The van der Waals surface area contributed by atoms with Crippen molar-refractivity contribution in [3.63, 3.8) is 0 Å². The van der Waals surface area contributed by atoms with Crippen molar-refractivity contribution in [3.05, 3.63) is 29.8 Å². The Balaban J connectivity index is 1.71. The third-order valence-corrected chi connectivity index (χ3v) is 3.92. The molecule has 3 rings (SSSR count). The van der Waals surface area contributed by atoms with Crippen LogP contribution in [-0.4, -0.2) is 41.0 Å². The van der Waals surface area contributed by atoms with E-state index in [1.807, 2.05) is 23.1 Å². The summed E-state index contributed by atoms with van der Waals surface area (Å²) >= 11 is 0. The van der Waals surface area contributed by atoms with Gasteiger partial charge in [0.1, 0.15) is 0 Å². The zero-order chi connectivity index (χ0) is 12.7. The molecule has 2 amide bonds. The molecule has 18 heavy (non-hydrogen) atoms. The van der Waals surface area contributed by atoms with Gasteiger partial charge < -0.3 is 10.2 Å². The van der Waals surface area contributed by atoms with Crippen LogP contribution >= 0.6 is 0 Å². The molecule has 2 aliphatic heterocycles. The molecule has 0 unspecified atom stereocenters. The molecule has 0 aliphatic carbocycles. The quantitative estimate of drug-likeness (QED) is 0.866. The van der Waals surface area contributed by atoms with Gasteiger partial charge in [0.25, 0.3) is 0 Å². The molecule has 96 valence electrons. The van der Waals surface area contributed by atoms with Gasteiger partial charge >= 0.3 is 6.03 Å². The highest BCUT2D eigenvalue weighted by Crippen LogP contribution is 2.27. The number of rotatable bonds is 2. The van der Waals surface area contributed by atoms with E-state index in [0.717, 1.165) is 25.3 Å². The molecule has 1 fully saturated rings. The van der Waals surface area contributed by atoms with Crippen LogP contribution < -0.4 is 5.32 Å². The molecule has 0 bridgehead atoms. The predicted octanol–water partition coefficient (Wildman–Crippen LogP) is 2.13. The molecule has 0 aromatic heterocycles. The highest BCUT2D eigenvalue weighted by atomic mass is 16.2. The number of nitrogens with zero attached hydrogens (tertiary/aromatic N) is 2. The Labute approximate surface area is 108 Å². The molecule has 1 N–H and O–H groups in total. The fraction of sp³-hybridized carbons (Fsp3) is 0.500. The van der Waals surface area contributed by atoms with Gasteiger partial charge in [0.15, 0.2) is 0 Å². The molecule has 0 radical (unpaired) electrons. The van der Waals surface area contributed by atoms with Gasteiger partial charge in [-0.15, -0.1) is 0 Å². The summed E-state index contributed by atoms with van der Waals surface area (Å²) in [5.74, 6) is 0. The molecule has 0 saturated carbocycles. The zero-order valence-corrected chi connectivity index (χ0v) is 10.9. The lowest BCUT2D eigenvalue weighted by atomic mass is 10.0. The van der Waals surface area contributed by atoms with Crippen molar-refractivity contribution < 1.29 is 4.79 Å². The third-order valence-electron chi connectivity index (χ3n) is 3.92. The number of amides is 2. The highest BCUT2D eigenvalue weighted by molar-refractivity contribution is 5.92. The van der Waals surface area contributed by atoms with Crippen molar-refractivity contribution in [1.82, 2.24) is 9.80 Å². The molecule has 0 atom stereocenters. The summed E-state index contributed by atoms with van der Waals surface area (Å²) in [6.07, 6.45) is 0. The largest absolute Gasteiger partial charge is 0.322 e. The molecule has 4 nitrogen and oxygen atoms in total. The van der Waals surface area contributed by atoms with Crippen molar-refractivity contribution in [2.45, 2.75) is 32.5 Å². The number of hydrogen-bond acceptors (Lipinski definition) is 2. The van der Waals surface area contributed by atoms with Gasteiger partial charge in [0, 0.05) is 31.4 Å². The molecule has 2 heterocycles. The zero-order valence-electron chi connectivity index (χ0n) is 10.9. The summed E-state index contributed by atoms with van der Waals surface area (Å²) in [5, 5.41) is 2.97. The molecule has 2 aliphatic rings. The van der Waals surface area contributed by atoms with E-state index >= 15 is 0 Å². The number of hydrogen-bond donors (Lipinski definition) is 1. The van der Waals surface area contributed by atoms with Crippen molar-refractivity contribution in [3.8, 4) is 0 Å². The summed E-state index contributed by atoms with van der Waals surface area (Å²) in [4.78, 5) is 16.4. The Kier molecular flexibility index (Phi) is 2.74. The maximum atomic E-state index is 12.1. The summed E-state index contributed by atoms with van der Waals surface area (Å²) < 4.78 is 0. The Bertz CT molecular complexity index is 466. The number of carbonyl (C=O) groups is 1. The van der Waals surface area contributed by atoms with E-state index in [-0.39, 0.29) is 6.03 Å². The predicted molar refractivity (Wildman–Crippen MR) is 71.5 cm³/mol. The standard InChI is InChI=1S/C14H19N3O/c1-10(2)16-8-12(9-16)17-7-11-5-3-4-6-13(11)15-14(17)18/h3-6,10,12H,7-9H2,1-2H3,(H,15,18). The lowest BCUT2D eigenvalue weighted by molar-refractivity contribution is 0.0312. The molecular weight excluding hydrogens is 226 g/mol. The minimum atomic E-state index is 0.0436. The molecule has 1 aromatic rings. The summed E-state index contributed by atoms with van der Waals surface area (Å²) in [5.41, 5.74) is 2.17. The Morgan fingerprint density at radius 1 is 1.28 bits per heavy atom. The molecule has 4 heteroatoms. The summed E-state index contributed by atoms with van der Waals surface area (Å²) in [6.45, 7) is 7.11. The van der Waals surface area contributed by atoms with Gasteiger partial charge in [0.05, 0.1) is 6.04 Å². The molecular formula is C14H19N3O. The Morgan fingerprint density at radius 3 is 2.72 bits per heavy atom. The first-order valence-electron chi connectivity index (χ1n) is 6.54. The number of nitrogens with one attached hydrogen (secondary N) is 1. The van der Waals surface area contributed by atoms with E-state index < -0.39 is 0 Å². The fourth-order valence-corrected chi connectivity index (χ4v) is 2.62. The lowest BCUT2D eigenvalue weighted by Gasteiger charge is -2.48. The average Bonchev–Trinajstić information content (AvgIpc) is 2.27. The maximum Gasteiger partial charge on any atom is 0.322 e. The highest BCUT2D eigenvalue weighted by Gasteiger charge is 2.37. The van der Waals surface area contributed by atoms with Crippen LogP contribution in [0.25, 0.3) is 0 Å². The van der Waals surface area contributed by atoms with Crippen molar-refractivity contribution in [1.29, 1.82) is 0 Å². The van der Waals surface area contributed by atoms with E-state index in [1.54, 1.807) is 0 Å². The second-order valence-electron chi connectivity index (χ2n) is 5.42. The smallest absolute Gasteiger partial charge is 0.315 e. The first kappa shape index (κ1) is 11.5. The van der Waals surface area contributed by atoms with Crippen LogP contribution in [-0.2, 0) is 6.54 Å². The average molecular weight is 245 g/mol. The second-order valence-corrected chi connectivity index (χ2v) is 5.42. The Hall–Kier alpha value is -1.55. The van der Waals surface area contributed by atoms with E-state index in [0.29, 0.717) is 12.1 Å². The SMILES string of the molecule is CC(C)N1CC(N2Cc3ccccc3NC2=O)C1. The third kappa shape index (κ3) is 1.86. The van der Waals surface area contributed by atoms with Gasteiger partial charge in [-0.3, -0.25) is 4.90 Å². The van der Waals surface area contributed by atoms with Gasteiger partial charge in [-0.2, -0.15) is 0 Å². The van der Waals surface area contributed by atoms with Crippen LogP contribution in [0.1, 0.15) is 19.4 Å². The van der Waals surface area contributed by atoms with E-state index in [2.05, 4.69) is 30.1 Å². The number of likely N-dealkylation sites (tertiary alicyclic amines) is 1. The molecule has 1 saturated heterocycles. The summed E-state index contributed by atoms with van der Waals surface area (Å²) in [7, 11) is 0. The fourth-order valence-electron chi connectivity index (χ4n) is 2.62. The van der Waals surface area contributed by atoms with Gasteiger partial charge in [0.2, 0.25) is 0 Å². The van der Waals surface area contributed by atoms with Crippen LogP contribution in [0.5, 0.6) is 0 Å². The lowest BCUT2D eigenvalue weighted by Crippen LogP contribution is -2.63. The summed E-state index contributed by atoms with van der Waals surface area (Å²) in [6, 6.07) is 9.00. The minimum absolute atomic E-state index is 0.0436. The van der Waals surface area contributed by atoms with Crippen molar-refractivity contribution >= 4 is 11.7 Å². The minimum Gasteiger partial charge on any atom is -0.315 e. The number of benzene rings is 1. The first-order valence-corrected chi connectivity index (χ1v) is 6.54.